The number of ether oxygens (including phenoxy) is 1. The van der Waals surface area contributed by atoms with E-state index in [0.717, 1.165) is 0 Å². The number of hydrogen-bond acceptors (Lipinski definition) is 4. The molecular formula is C10H13NO4. The number of hydrogen-bond donors (Lipinski definition) is 3. The second kappa shape index (κ2) is 5.21. The minimum absolute atomic E-state index is 0.0245. The molecule has 1 aromatic rings. The van der Waals surface area contributed by atoms with Gasteiger partial charge >= 0.3 is 5.97 Å². The van der Waals surface area contributed by atoms with Gasteiger partial charge in [0.15, 0.2) is 0 Å². The Morgan fingerprint density at radius 1 is 1.47 bits per heavy atom. The molecule has 0 aliphatic carbocycles. The molecule has 1 rings (SSSR count). The maximum absolute atomic E-state index is 10.7. The van der Waals surface area contributed by atoms with E-state index in [1.165, 1.54) is 12.1 Å². The van der Waals surface area contributed by atoms with Gasteiger partial charge in [0.1, 0.15) is 5.75 Å². The van der Waals surface area contributed by atoms with Crippen molar-refractivity contribution in [3.63, 3.8) is 0 Å². The Bertz CT molecular complexity index is 351. The molecule has 5 heteroatoms. The largest absolute Gasteiger partial charge is 0.493 e. The number of carbonyl (C=O) groups is 1. The summed E-state index contributed by atoms with van der Waals surface area (Å²) in [5.74, 6) is -0.643. The Kier molecular flexibility index (Phi) is 3.93. The van der Waals surface area contributed by atoms with Crippen LogP contribution >= 0.6 is 0 Å². The van der Waals surface area contributed by atoms with Crippen molar-refractivity contribution < 1.29 is 19.7 Å². The van der Waals surface area contributed by atoms with Gasteiger partial charge < -0.3 is 20.7 Å². The van der Waals surface area contributed by atoms with Crippen LogP contribution in [-0.4, -0.2) is 29.4 Å². The maximum Gasteiger partial charge on any atom is 0.337 e. The van der Waals surface area contributed by atoms with Crippen LogP contribution in [0.3, 0.4) is 0 Å². The molecule has 0 aliphatic heterocycles. The highest BCUT2D eigenvalue weighted by atomic mass is 16.5. The normalized spacial score (nSPS) is 9.93. The lowest BCUT2D eigenvalue weighted by molar-refractivity contribution is 0.0697. The Balaban J connectivity index is 2.74. The van der Waals surface area contributed by atoms with E-state index >= 15 is 0 Å². The Labute approximate surface area is 87.1 Å². The van der Waals surface area contributed by atoms with Crippen LogP contribution in [0.2, 0.25) is 0 Å². The molecule has 0 atom stereocenters. The lowest BCUT2D eigenvalue weighted by Gasteiger charge is -2.07. The van der Waals surface area contributed by atoms with Crippen LogP contribution in [0.1, 0.15) is 16.8 Å². The van der Waals surface area contributed by atoms with Crippen LogP contribution in [-0.2, 0) is 0 Å². The van der Waals surface area contributed by atoms with E-state index in [2.05, 4.69) is 0 Å². The number of aromatic carboxylic acids is 1. The molecule has 15 heavy (non-hydrogen) atoms. The highest BCUT2D eigenvalue weighted by Gasteiger charge is 2.08. The summed E-state index contributed by atoms with van der Waals surface area (Å²) < 4.78 is 5.21. The summed E-state index contributed by atoms with van der Waals surface area (Å²) >= 11 is 0. The van der Waals surface area contributed by atoms with Gasteiger partial charge in [-0.25, -0.2) is 4.79 Å². The summed E-state index contributed by atoms with van der Waals surface area (Å²) in [6, 6.07) is 4.45. The molecule has 0 spiro atoms. The van der Waals surface area contributed by atoms with Crippen LogP contribution in [0.4, 0.5) is 5.69 Å². The lowest BCUT2D eigenvalue weighted by Crippen LogP contribution is -2.04. The van der Waals surface area contributed by atoms with Crippen molar-refractivity contribution in [2.24, 2.45) is 0 Å². The number of nitrogen functional groups attached to an aromatic ring is 1. The first-order valence-corrected chi connectivity index (χ1v) is 4.51. The van der Waals surface area contributed by atoms with E-state index in [1.807, 2.05) is 0 Å². The van der Waals surface area contributed by atoms with Gasteiger partial charge in [-0.3, -0.25) is 0 Å². The van der Waals surface area contributed by atoms with Gasteiger partial charge in [-0.1, -0.05) is 0 Å². The molecule has 0 saturated carbocycles. The Morgan fingerprint density at radius 3 is 2.80 bits per heavy atom. The zero-order valence-electron chi connectivity index (χ0n) is 8.14. The monoisotopic (exact) mass is 211 g/mol. The van der Waals surface area contributed by atoms with Crippen molar-refractivity contribution in [3.8, 4) is 5.75 Å². The summed E-state index contributed by atoms with van der Waals surface area (Å²) in [7, 11) is 0. The molecular weight excluding hydrogens is 198 g/mol. The number of aliphatic hydroxyl groups is 1. The molecule has 0 heterocycles. The molecule has 0 radical (unpaired) electrons. The van der Waals surface area contributed by atoms with Gasteiger partial charge in [-0.05, 0) is 18.2 Å². The van der Waals surface area contributed by atoms with E-state index in [4.69, 9.17) is 20.7 Å². The summed E-state index contributed by atoms with van der Waals surface area (Å²) in [5, 5.41) is 17.3. The van der Waals surface area contributed by atoms with Gasteiger partial charge in [-0.2, -0.15) is 0 Å². The molecule has 5 nitrogen and oxygen atoms in total. The number of benzene rings is 1. The fourth-order valence-corrected chi connectivity index (χ4v) is 1.06. The van der Waals surface area contributed by atoms with Crippen molar-refractivity contribution in [1.29, 1.82) is 0 Å². The van der Waals surface area contributed by atoms with Crippen LogP contribution < -0.4 is 10.5 Å². The van der Waals surface area contributed by atoms with Gasteiger partial charge in [0.05, 0.1) is 12.2 Å². The number of nitrogens with two attached hydrogens (primary N) is 1. The van der Waals surface area contributed by atoms with Crippen molar-refractivity contribution in [1.82, 2.24) is 0 Å². The molecule has 0 fully saturated rings. The summed E-state index contributed by atoms with van der Waals surface area (Å²) in [5.41, 5.74) is 5.70. The second-order valence-corrected chi connectivity index (χ2v) is 2.98. The average molecular weight is 211 g/mol. The maximum atomic E-state index is 10.7. The Morgan fingerprint density at radius 2 is 2.20 bits per heavy atom. The third-order valence-electron chi connectivity index (χ3n) is 1.83. The predicted octanol–water partition coefficient (Wildman–Crippen LogP) is 0.728. The highest BCUT2D eigenvalue weighted by Crippen LogP contribution is 2.19. The fraction of sp³-hybridized carbons (Fsp3) is 0.300. The van der Waals surface area contributed by atoms with Gasteiger partial charge in [0.25, 0.3) is 0 Å². The molecule has 0 amide bonds. The van der Waals surface area contributed by atoms with E-state index < -0.39 is 5.97 Å². The molecule has 0 unspecified atom stereocenters. The smallest absolute Gasteiger partial charge is 0.337 e. The zero-order chi connectivity index (χ0) is 11.3. The summed E-state index contributed by atoms with van der Waals surface area (Å²) in [4.78, 5) is 10.7. The zero-order valence-corrected chi connectivity index (χ0v) is 8.14. The minimum Gasteiger partial charge on any atom is -0.493 e. The first kappa shape index (κ1) is 11.3. The minimum atomic E-state index is -1.08. The summed E-state index contributed by atoms with van der Waals surface area (Å²) in [6.07, 6.45) is 0.507. The van der Waals surface area contributed by atoms with Gasteiger partial charge in [0.2, 0.25) is 0 Å². The van der Waals surface area contributed by atoms with Gasteiger partial charge in [-0.15, -0.1) is 0 Å². The third kappa shape index (κ3) is 3.14. The fourth-order valence-electron chi connectivity index (χ4n) is 1.06. The lowest BCUT2D eigenvalue weighted by atomic mass is 10.2. The topological polar surface area (TPSA) is 92.8 Å². The first-order valence-electron chi connectivity index (χ1n) is 4.51. The molecule has 82 valence electrons. The molecule has 0 saturated heterocycles. The highest BCUT2D eigenvalue weighted by molar-refractivity contribution is 5.94. The van der Waals surface area contributed by atoms with Crippen LogP contribution in [0.25, 0.3) is 0 Å². The second-order valence-electron chi connectivity index (χ2n) is 2.98. The van der Waals surface area contributed by atoms with Crippen molar-refractivity contribution in [3.05, 3.63) is 23.8 Å². The van der Waals surface area contributed by atoms with Gasteiger partial charge in [0, 0.05) is 18.7 Å². The van der Waals surface area contributed by atoms with Crippen molar-refractivity contribution >= 4 is 11.7 Å². The van der Waals surface area contributed by atoms with Crippen LogP contribution in [0.15, 0.2) is 18.2 Å². The number of aliphatic hydroxyl groups excluding tert-OH is 1. The number of anilines is 1. The first-order chi connectivity index (χ1) is 7.15. The van der Waals surface area contributed by atoms with E-state index in [1.54, 1.807) is 6.07 Å². The van der Waals surface area contributed by atoms with Crippen LogP contribution in [0, 0.1) is 0 Å². The molecule has 0 bridgehead atoms. The Hall–Kier alpha value is -1.75. The number of carboxylic acid groups (broad SMARTS) is 1. The molecule has 0 aromatic heterocycles. The molecule has 4 N–H and O–H groups in total. The molecule has 0 aliphatic rings. The number of rotatable bonds is 5. The summed E-state index contributed by atoms with van der Waals surface area (Å²) in [6.45, 7) is 0.389. The van der Waals surface area contributed by atoms with E-state index in [0.29, 0.717) is 18.8 Å². The van der Waals surface area contributed by atoms with E-state index in [9.17, 15) is 4.79 Å². The average Bonchev–Trinajstić information content (AvgIpc) is 2.20. The standard InChI is InChI=1S/C10H13NO4/c11-9-3-2-7(15-5-1-4-12)6-8(9)10(13)14/h2-3,6,12H,1,4-5,11H2,(H,13,14). The van der Waals surface area contributed by atoms with Crippen molar-refractivity contribution in [2.75, 3.05) is 18.9 Å². The third-order valence-corrected chi connectivity index (χ3v) is 1.83. The quantitative estimate of drug-likeness (QED) is 0.493. The SMILES string of the molecule is Nc1ccc(OCCCO)cc1C(=O)O. The molecule has 1 aromatic carbocycles. The number of carboxylic acids is 1. The predicted molar refractivity (Wildman–Crippen MR) is 55.0 cm³/mol. The van der Waals surface area contributed by atoms with Crippen LogP contribution in [0.5, 0.6) is 5.75 Å². The van der Waals surface area contributed by atoms with Crippen molar-refractivity contribution in [2.45, 2.75) is 6.42 Å². The van der Waals surface area contributed by atoms with E-state index in [-0.39, 0.29) is 17.9 Å².